The van der Waals surface area contributed by atoms with Gasteiger partial charge in [0.05, 0.1) is 6.54 Å². The van der Waals surface area contributed by atoms with E-state index in [-0.39, 0.29) is 0 Å². The fourth-order valence-corrected chi connectivity index (χ4v) is 4.44. The molecule has 0 bridgehead atoms. The van der Waals surface area contributed by atoms with Crippen LogP contribution in [0.15, 0.2) is 91.0 Å². The Labute approximate surface area is 228 Å². The molecule has 3 aromatic rings. The Kier molecular flexibility index (Phi) is 10.2. The van der Waals surface area contributed by atoms with E-state index in [1.54, 1.807) is 60.7 Å². The first-order valence-corrected chi connectivity index (χ1v) is 13.7. The van der Waals surface area contributed by atoms with E-state index in [2.05, 4.69) is 58.9 Å². The summed E-state index contributed by atoms with van der Waals surface area (Å²) in [6.07, 6.45) is 6.32. The minimum Gasteiger partial charge on any atom is -0.315 e. The first-order valence-electron chi connectivity index (χ1n) is 12.2. The highest BCUT2D eigenvalue weighted by Crippen LogP contribution is 2.39. The van der Waals surface area contributed by atoms with Gasteiger partial charge in [0.2, 0.25) is 0 Å². The predicted octanol–water partition coefficient (Wildman–Crippen LogP) is 3.73. The van der Waals surface area contributed by atoms with Gasteiger partial charge >= 0.3 is 13.9 Å². The van der Waals surface area contributed by atoms with Crippen molar-refractivity contribution in [2.24, 2.45) is 0 Å². The average Bonchev–Trinajstić information content (AvgIpc) is 3.19. The van der Waals surface area contributed by atoms with Crippen LogP contribution in [0.2, 0.25) is 0 Å². The normalized spacial score (nSPS) is 15.2. The Morgan fingerprint density at radius 1 is 0.974 bits per heavy atom. The average molecular weight is 550 g/mol. The largest absolute Gasteiger partial charge is 0.471 e. The van der Waals surface area contributed by atoms with Crippen LogP contribution in [0.3, 0.4) is 0 Å². The molecule has 1 aliphatic heterocycles. The molecule has 9 nitrogen and oxygen atoms in total. The van der Waals surface area contributed by atoms with Crippen LogP contribution < -0.4 is 5.32 Å². The fraction of sp³-hybridized carbons (Fsp3) is 0.241. The topological polar surface area (TPSA) is 119 Å². The third-order valence-corrected chi connectivity index (χ3v) is 6.79. The van der Waals surface area contributed by atoms with Gasteiger partial charge in [0.15, 0.2) is 5.54 Å². The summed E-state index contributed by atoms with van der Waals surface area (Å²) < 4.78 is 15.2. The van der Waals surface area contributed by atoms with Gasteiger partial charge in [-0.15, -0.1) is 6.42 Å². The summed E-state index contributed by atoms with van der Waals surface area (Å²) in [4.78, 5) is 45.9. The van der Waals surface area contributed by atoms with Crippen molar-refractivity contribution in [1.29, 1.82) is 0 Å². The van der Waals surface area contributed by atoms with Crippen LogP contribution in [0.5, 0.6) is 0 Å². The zero-order valence-electron chi connectivity index (χ0n) is 21.8. The van der Waals surface area contributed by atoms with Crippen molar-refractivity contribution >= 4 is 19.8 Å². The van der Waals surface area contributed by atoms with Gasteiger partial charge in [0.25, 0.3) is 5.91 Å². The van der Waals surface area contributed by atoms with E-state index >= 15 is 0 Å². The summed E-state index contributed by atoms with van der Waals surface area (Å²) in [6.45, 7) is 2.06. The van der Waals surface area contributed by atoms with Crippen LogP contribution in [0.1, 0.15) is 23.6 Å². The number of terminal acetylenes is 1. The Morgan fingerprint density at radius 3 is 1.92 bits per heavy atom. The zero-order valence-corrected chi connectivity index (χ0v) is 22.7. The number of amides is 3. The van der Waals surface area contributed by atoms with E-state index in [0.29, 0.717) is 28.6 Å². The van der Waals surface area contributed by atoms with Gasteiger partial charge in [0.1, 0.15) is 6.73 Å². The van der Waals surface area contributed by atoms with Crippen molar-refractivity contribution in [3.8, 4) is 12.3 Å². The highest BCUT2D eigenvalue weighted by Gasteiger charge is 2.54. The van der Waals surface area contributed by atoms with E-state index in [9.17, 15) is 14.2 Å². The first kappa shape index (κ1) is 29.8. The van der Waals surface area contributed by atoms with Crippen molar-refractivity contribution in [2.75, 3.05) is 20.3 Å². The van der Waals surface area contributed by atoms with Gasteiger partial charge in [-0.3, -0.25) is 14.2 Å². The van der Waals surface area contributed by atoms with Crippen LogP contribution in [0.4, 0.5) is 4.79 Å². The molecule has 3 N–H and O–H groups in total. The summed E-state index contributed by atoms with van der Waals surface area (Å²) in [5.74, 6) is 1.98. The maximum absolute atomic E-state index is 13.1. The second-order valence-electron chi connectivity index (χ2n) is 9.05. The molecular weight excluding hydrogens is 517 g/mol. The van der Waals surface area contributed by atoms with E-state index in [1.165, 1.54) is 5.56 Å². The number of urea groups is 1. The highest BCUT2D eigenvalue weighted by molar-refractivity contribution is 7.46. The molecule has 1 heterocycles. The Hall–Kier alpha value is -3.77. The number of imide groups is 1. The molecule has 3 amide bonds. The number of rotatable bonds is 9. The summed E-state index contributed by atoms with van der Waals surface area (Å²) in [7, 11) is -2.77. The Balaban J connectivity index is 0.000000255. The van der Waals surface area contributed by atoms with Gasteiger partial charge in [-0.1, -0.05) is 96.9 Å². The molecule has 10 heteroatoms. The van der Waals surface area contributed by atoms with Crippen LogP contribution >= 0.6 is 7.82 Å². The van der Waals surface area contributed by atoms with Crippen molar-refractivity contribution in [2.45, 2.75) is 24.9 Å². The maximum atomic E-state index is 13.1. The number of hydrogen-bond acceptors (Lipinski definition) is 5. The lowest BCUT2D eigenvalue weighted by Crippen LogP contribution is -2.45. The Morgan fingerprint density at radius 2 is 1.46 bits per heavy atom. The van der Waals surface area contributed by atoms with Crippen molar-refractivity contribution in [1.82, 2.24) is 15.1 Å². The number of hydrogen-bond donors (Lipinski definition) is 3. The molecule has 1 fully saturated rings. The Bertz CT molecular complexity index is 1290. The summed E-state index contributed by atoms with van der Waals surface area (Å²) in [5.41, 5.74) is 0.929. The van der Waals surface area contributed by atoms with E-state index in [4.69, 9.17) is 16.2 Å². The van der Waals surface area contributed by atoms with Gasteiger partial charge in [-0.25, -0.2) is 14.3 Å². The quantitative estimate of drug-likeness (QED) is 0.211. The monoisotopic (exact) mass is 549 g/mol. The van der Waals surface area contributed by atoms with Gasteiger partial charge in [-0.2, -0.15) is 0 Å². The minimum atomic E-state index is -4.83. The molecule has 0 aliphatic carbocycles. The SMILES string of the molecule is C#CCN(C)[C@H](C)Cc1ccccc1.O=C1NC(c2ccccc2)(c2ccccc2)C(=O)N1COP(=O)(O)O. The second-order valence-corrected chi connectivity index (χ2v) is 10.3. The standard InChI is InChI=1S/C16H15N2O6P.C13H17N/c19-14-16(12-7-3-1-4-8-12,13-9-5-2-6-10-13)17-15(20)18(14)11-24-25(21,22)23;1-4-10-14(3)12(2)11-13-8-6-5-7-9-13/h1-10H,11H2,(H,17,20)(H2,21,22,23);1,5-9,12H,10-11H2,2-3H3/t;12-/m.1/s1. The predicted molar refractivity (Wildman–Crippen MR) is 148 cm³/mol. The lowest BCUT2D eigenvalue weighted by Gasteiger charge is -2.27. The minimum absolute atomic E-state index is 0.494. The van der Waals surface area contributed by atoms with E-state index in [1.807, 2.05) is 6.07 Å². The molecule has 0 radical (unpaired) electrons. The molecule has 0 aromatic heterocycles. The van der Waals surface area contributed by atoms with Crippen molar-refractivity contribution in [3.63, 3.8) is 0 Å². The highest BCUT2D eigenvalue weighted by atomic mass is 31.2. The van der Waals surface area contributed by atoms with Crippen LogP contribution in [-0.2, 0) is 25.8 Å². The number of nitrogens with one attached hydrogen (secondary N) is 1. The van der Waals surface area contributed by atoms with Gasteiger partial charge in [0, 0.05) is 6.04 Å². The number of nitrogens with zero attached hydrogens (tertiary/aromatic N) is 2. The summed E-state index contributed by atoms with van der Waals surface area (Å²) >= 11 is 0. The molecule has 0 unspecified atom stereocenters. The zero-order chi connectivity index (χ0) is 28.5. The van der Waals surface area contributed by atoms with Crippen LogP contribution in [0.25, 0.3) is 0 Å². The maximum Gasteiger partial charge on any atom is 0.471 e. The second kappa shape index (κ2) is 13.3. The fourth-order valence-electron chi connectivity index (χ4n) is 4.17. The molecule has 1 atom stereocenters. The molecule has 4 rings (SSSR count). The number of carbonyl (C=O) groups excluding carboxylic acids is 2. The number of phosphoric acid groups is 1. The lowest BCUT2D eigenvalue weighted by atomic mass is 9.83. The van der Waals surface area contributed by atoms with Crippen molar-refractivity contribution < 1.29 is 28.5 Å². The van der Waals surface area contributed by atoms with Gasteiger partial charge in [-0.05, 0) is 37.1 Å². The van der Waals surface area contributed by atoms with E-state index in [0.717, 1.165) is 6.42 Å². The number of phosphoric ester groups is 1. The summed E-state index contributed by atoms with van der Waals surface area (Å²) in [5, 5.41) is 2.64. The number of likely N-dealkylation sites (N-methyl/N-ethyl adjacent to an activating group) is 1. The van der Waals surface area contributed by atoms with Crippen LogP contribution in [0, 0.1) is 12.3 Å². The third kappa shape index (κ3) is 7.64. The molecule has 1 aliphatic rings. The molecule has 1 saturated heterocycles. The molecular formula is C29H32N3O6P. The first-order chi connectivity index (χ1) is 18.6. The smallest absolute Gasteiger partial charge is 0.315 e. The van der Waals surface area contributed by atoms with Gasteiger partial charge < -0.3 is 15.1 Å². The third-order valence-electron chi connectivity index (χ3n) is 6.34. The lowest BCUT2D eigenvalue weighted by molar-refractivity contribution is -0.132. The number of benzene rings is 3. The molecule has 0 saturated carbocycles. The van der Waals surface area contributed by atoms with Crippen molar-refractivity contribution in [3.05, 3.63) is 108 Å². The molecule has 39 heavy (non-hydrogen) atoms. The molecule has 204 valence electrons. The van der Waals surface area contributed by atoms with Crippen LogP contribution in [-0.4, -0.2) is 57.9 Å². The number of carbonyl (C=O) groups is 2. The summed E-state index contributed by atoms with van der Waals surface area (Å²) in [6, 6.07) is 27.4. The molecule has 3 aromatic carbocycles. The molecule has 0 spiro atoms. The van der Waals surface area contributed by atoms with E-state index < -0.39 is 32.0 Å².